The molecular formula is C31H30N2O7S. The smallest absolute Gasteiger partial charge is 0.187 e. The van der Waals surface area contributed by atoms with Crippen molar-refractivity contribution in [1.82, 2.24) is 4.98 Å². The maximum Gasteiger partial charge on any atom is 0.187 e. The number of ether oxygens (including phenoxy) is 4. The Hall–Kier alpha value is -4.83. The van der Waals surface area contributed by atoms with Crippen LogP contribution >= 0.6 is 0 Å². The molecule has 3 aromatic carbocycles. The quantitative estimate of drug-likeness (QED) is 0.169. The zero-order chi connectivity index (χ0) is 29.4. The van der Waals surface area contributed by atoms with Crippen molar-refractivity contribution in [3.63, 3.8) is 0 Å². The SMILES string of the molecule is COc1cc(OC)c(/C=C/S(=O)(=O)Cc2ccc(OC)c(N/C=C\C(=O)c3ccc4ccccc4c3)n2)c(OC)c1. The molecule has 0 aliphatic carbocycles. The Morgan fingerprint density at radius 3 is 2.17 bits per heavy atom. The first-order valence-corrected chi connectivity index (χ1v) is 14.2. The average Bonchev–Trinajstić information content (AvgIpc) is 2.99. The van der Waals surface area contributed by atoms with Gasteiger partial charge in [0.1, 0.15) is 17.2 Å². The van der Waals surface area contributed by atoms with Crippen LogP contribution in [0.2, 0.25) is 0 Å². The third-order valence-corrected chi connectivity index (χ3v) is 7.42. The first kappa shape index (κ1) is 29.2. The summed E-state index contributed by atoms with van der Waals surface area (Å²) in [6.07, 6.45) is 4.24. The monoisotopic (exact) mass is 574 g/mol. The number of aromatic nitrogens is 1. The van der Waals surface area contributed by atoms with E-state index in [9.17, 15) is 13.2 Å². The largest absolute Gasteiger partial charge is 0.496 e. The van der Waals surface area contributed by atoms with Gasteiger partial charge in [0.2, 0.25) is 0 Å². The Bertz CT molecular complexity index is 1710. The van der Waals surface area contributed by atoms with Crippen LogP contribution in [0, 0.1) is 0 Å². The lowest BCUT2D eigenvalue weighted by Crippen LogP contribution is -2.05. The van der Waals surface area contributed by atoms with Gasteiger partial charge in [-0.25, -0.2) is 13.4 Å². The lowest BCUT2D eigenvalue weighted by molar-refractivity contribution is 0.104. The molecule has 9 nitrogen and oxygen atoms in total. The lowest BCUT2D eigenvalue weighted by atomic mass is 10.0. The minimum atomic E-state index is -3.75. The number of nitrogens with zero attached hydrogens (tertiary/aromatic N) is 1. The number of allylic oxidation sites excluding steroid dienone is 1. The van der Waals surface area contributed by atoms with Gasteiger partial charge in [-0.3, -0.25) is 4.79 Å². The summed E-state index contributed by atoms with van der Waals surface area (Å²) in [6, 6.07) is 19.7. The number of rotatable bonds is 12. The van der Waals surface area contributed by atoms with E-state index in [1.54, 1.807) is 30.3 Å². The molecule has 0 amide bonds. The number of benzene rings is 3. The third kappa shape index (κ3) is 7.23. The number of fused-ring (bicyclic) bond motifs is 1. The van der Waals surface area contributed by atoms with Crippen molar-refractivity contribution in [3.05, 3.63) is 101 Å². The van der Waals surface area contributed by atoms with Crippen molar-refractivity contribution in [1.29, 1.82) is 0 Å². The van der Waals surface area contributed by atoms with Crippen LogP contribution in [-0.4, -0.2) is 47.6 Å². The molecule has 4 rings (SSSR count). The molecule has 41 heavy (non-hydrogen) atoms. The molecule has 0 saturated carbocycles. The Balaban J connectivity index is 1.50. The fourth-order valence-corrected chi connectivity index (χ4v) is 5.11. The van der Waals surface area contributed by atoms with Crippen LogP contribution in [0.25, 0.3) is 16.8 Å². The fourth-order valence-electron chi connectivity index (χ4n) is 4.09. The minimum Gasteiger partial charge on any atom is -0.496 e. The van der Waals surface area contributed by atoms with E-state index < -0.39 is 9.84 Å². The second-order valence-corrected chi connectivity index (χ2v) is 10.7. The van der Waals surface area contributed by atoms with E-state index >= 15 is 0 Å². The second kappa shape index (κ2) is 13.0. The van der Waals surface area contributed by atoms with Gasteiger partial charge in [0.05, 0.1) is 45.4 Å². The van der Waals surface area contributed by atoms with Gasteiger partial charge in [0.25, 0.3) is 0 Å². The van der Waals surface area contributed by atoms with Crippen LogP contribution < -0.4 is 24.3 Å². The van der Waals surface area contributed by atoms with Gasteiger partial charge in [-0.05, 0) is 35.0 Å². The number of pyridine rings is 1. The molecule has 1 aromatic heterocycles. The number of anilines is 1. The molecule has 0 bridgehead atoms. The van der Waals surface area contributed by atoms with E-state index in [4.69, 9.17) is 18.9 Å². The number of nitrogens with one attached hydrogen (secondary N) is 1. The highest BCUT2D eigenvalue weighted by Crippen LogP contribution is 2.35. The van der Waals surface area contributed by atoms with Crippen molar-refractivity contribution in [2.45, 2.75) is 5.75 Å². The number of carbonyl (C=O) groups excluding carboxylic acids is 1. The van der Waals surface area contributed by atoms with Crippen LogP contribution in [0.1, 0.15) is 21.6 Å². The van der Waals surface area contributed by atoms with Gasteiger partial charge in [-0.15, -0.1) is 0 Å². The van der Waals surface area contributed by atoms with Gasteiger partial charge in [0, 0.05) is 35.4 Å². The Kier molecular flexibility index (Phi) is 9.26. The summed E-state index contributed by atoms with van der Waals surface area (Å²) in [7, 11) is 2.18. The first-order chi connectivity index (χ1) is 19.8. The fraction of sp³-hybridized carbons (Fsp3) is 0.161. The Morgan fingerprint density at radius 2 is 1.51 bits per heavy atom. The molecule has 4 aromatic rings. The summed E-state index contributed by atoms with van der Waals surface area (Å²) in [5.41, 5.74) is 1.27. The summed E-state index contributed by atoms with van der Waals surface area (Å²) in [5.74, 6) is 1.38. The van der Waals surface area contributed by atoms with Gasteiger partial charge in [-0.2, -0.15) is 0 Å². The van der Waals surface area contributed by atoms with Gasteiger partial charge in [-0.1, -0.05) is 36.4 Å². The maximum atomic E-state index is 13.0. The first-order valence-electron chi connectivity index (χ1n) is 12.5. The van der Waals surface area contributed by atoms with Crippen molar-refractivity contribution in [2.24, 2.45) is 0 Å². The van der Waals surface area contributed by atoms with Crippen LogP contribution in [0.4, 0.5) is 5.82 Å². The van der Waals surface area contributed by atoms with Gasteiger partial charge in [0.15, 0.2) is 27.2 Å². The Labute approximate surface area is 239 Å². The van der Waals surface area contributed by atoms with E-state index in [0.717, 1.165) is 16.2 Å². The molecule has 1 N–H and O–H groups in total. The van der Waals surface area contributed by atoms with Crippen LogP contribution in [0.15, 0.2) is 84.4 Å². The number of sulfone groups is 1. The highest BCUT2D eigenvalue weighted by Gasteiger charge is 2.15. The van der Waals surface area contributed by atoms with Gasteiger partial charge >= 0.3 is 0 Å². The molecule has 1 heterocycles. The average molecular weight is 575 g/mol. The van der Waals surface area contributed by atoms with E-state index in [0.29, 0.717) is 34.1 Å². The topological polar surface area (TPSA) is 113 Å². The second-order valence-electron chi connectivity index (χ2n) is 8.81. The molecule has 0 fully saturated rings. The molecule has 0 spiro atoms. The maximum absolute atomic E-state index is 13.0. The molecule has 212 valence electrons. The molecule has 0 aliphatic heterocycles. The predicted molar refractivity (Wildman–Crippen MR) is 160 cm³/mol. The van der Waals surface area contributed by atoms with Crippen molar-refractivity contribution < 1.29 is 32.2 Å². The molecule has 0 saturated heterocycles. The number of carbonyl (C=O) groups is 1. The predicted octanol–water partition coefficient (Wildman–Crippen LogP) is 5.66. The minimum absolute atomic E-state index is 0.199. The number of hydrogen-bond donors (Lipinski definition) is 1. The molecule has 10 heteroatoms. The number of methoxy groups -OCH3 is 4. The lowest BCUT2D eigenvalue weighted by Gasteiger charge is -2.12. The van der Waals surface area contributed by atoms with Crippen LogP contribution in [0.3, 0.4) is 0 Å². The van der Waals surface area contributed by atoms with Crippen LogP contribution in [0.5, 0.6) is 23.0 Å². The summed E-state index contributed by atoms with van der Waals surface area (Å²) >= 11 is 0. The molecule has 0 radical (unpaired) electrons. The van der Waals surface area contributed by atoms with Crippen LogP contribution in [-0.2, 0) is 15.6 Å². The summed E-state index contributed by atoms with van der Waals surface area (Å²) in [6.45, 7) is 0. The highest BCUT2D eigenvalue weighted by atomic mass is 32.2. The zero-order valence-electron chi connectivity index (χ0n) is 23.1. The molecule has 0 atom stereocenters. The summed E-state index contributed by atoms with van der Waals surface area (Å²) in [5, 5.41) is 6.03. The van der Waals surface area contributed by atoms with E-state index in [2.05, 4.69) is 10.3 Å². The van der Waals surface area contributed by atoms with Gasteiger partial charge < -0.3 is 24.3 Å². The van der Waals surface area contributed by atoms with E-state index in [-0.39, 0.29) is 23.0 Å². The summed E-state index contributed by atoms with van der Waals surface area (Å²) in [4.78, 5) is 17.1. The molecule has 0 unspecified atom stereocenters. The van der Waals surface area contributed by atoms with Crippen molar-refractivity contribution in [2.75, 3.05) is 33.8 Å². The van der Waals surface area contributed by atoms with Crippen molar-refractivity contribution in [3.8, 4) is 23.0 Å². The highest BCUT2D eigenvalue weighted by molar-refractivity contribution is 7.93. The molecular weight excluding hydrogens is 544 g/mol. The zero-order valence-corrected chi connectivity index (χ0v) is 23.9. The summed E-state index contributed by atoms with van der Waals surface area (Å²) < 4.78 is 47.3. The van der Waals surface area contributed by atoms with E-state index in [1.807, 2.05) is 36.4 Å². The molecule has 0 aliphatic rings. The van der Waals surface area contributed by atoms with E-state index in [1.165, 1.54) is 46.8 Å². The standard InChI is InChI=1S/C31H30N2O7S/c1-37-25-18-29(39-3)26(30(19-25)40-4)14-16-41(35,36)20-24-11-12-28(38-2)31(33-24)32-15-13-27(34)23-10-9-21-7-5-6-8-22(21)17-23/h5-19H,20H2,1-4H3,(H,32,33)/b15-13-,16-14+. The number of hydrogen-bond acceptors (Lipinski definition) is 9. The number of ketones is 1. The third-order valence-electron chi connectivity index (χ3n) is 6.17. The van der Waals surface area contributed by atoms with Crippen molar-refractivity contribution >= 4 is 38.3 Å². The Morgan fingerprint density at radius 1 is 0.829 bits per heavy atom. The normalized spacial score (nSPS) is 11.6.